The van der Waals surface area contributed by atoms with Crippen molar-refractivity contribution in [3.8, 4) is 11.5 Å². The summed E-state index contributed by atoms with van der Waals surface area (Å²) in [6.07, 6.45) is 2.48. The molecule has 3 aromatic rings. The molecule has 1 aliphatic rings. The first-order valence-electron chi connectivity index (χ1n) is 9.67. The summed E-state index contributed by atoms with van der Waals surface area (Å²) in [7, 11) is 3.24. The van der Waals surface area contributed by atoms with Crippen molar-refractivity contribution < 1.29 is 19.4 Å². The highest BCUT2D eigenvalue weighted by Gasteiger charge is 2.30. The van der Waals surface area contributed by atoms with E-state index < -0.39 is 6.09 Å². The molecule has 0 unspecified atom stereocenters. The molecule has 10 nitrogen and oxygen atoms in total. The smallest absolute Gasteiger partial charge is 0.407 e. The van der Waals surface area contributed by atoms with Crippen LogP contribution in [0.2, 0.25) is 0 Å². The van der Waals surface area contributed by atoms with E-state index in [0.717, 1.165) is 28.1 Å². The third-order valence-corrected chi connectivity index (χ3v) is 5.43. The first kappa shape index (κ1) is 19.7. The van der Waals surface area contributed by atoms with Gasteiger partial charge in [0.15, 0.2) is 5.65 Å². The molecule has 0 saturated carbocycles. The normalized spacial score (nSPS) is 16.2. The van der Waals surface area contributed by atoms with Gasteiger partial charge in [-0.15, -0.1) is 0 Å². The minimum absolute atomic E-state index is 0.0800. The summed E-state index contributed by atoms with van der Waals surface area (Å²) in [5.41, 5.74) is 8.63. The Morgan fingerprint density at radius 2 is 1.93 bits per heavy atom. The summed E-state index contributed by atoms with van der Waals surface area (Å²) in [4.78, 5) is 21.2. The van der Waals surface area contributed by atoms with E-state index in [4.69, 9.17) is 20.3 Å². The van der Waals surface area contributed by atoms with E-state index in [9.17, 15) is 9.90 Å². The Balaban J connectivity index is 1.64. The minimum Gasteiger partial charge on any atom is -0.497 e. The number of hydrogen-bond donors (Lipinski definition) is 2. The molecule has 3 N–H and O–H groups in total. The van der Waals surface area contributed by atoms with Gasteiger partial charge in [-0.25, -0.2) is 19.4 Å². The highest BCUT2D eigenvalue weighted by molar-refractivity contribution is 5.88. The Hall–Kier alpha value is -3.56. The van der Waals surface area contributed by atoms with Crippen molar-refractivity contribution in [2.24, 2.45) is 0 Å². The van der Waals surface area contributed by atoms with Crippen LogP contribution in [0.4, 0.5) is 10.6 Å². The second kappa shape index (κ2) is 8.05. The van der Waals surface area contributed by atoms with Gasteiger partial charge in [0.2, 0.25) is 0 Å². The van der Waals surface area contributed by atoms with Gasteiger partial charge in [0.1, 0.15) is 23.6 Å². The summed E-state index contributed by atoms with van der Waals surface area (Å²) >= 11 is 0. The summed E-state index contributed by atoms with van der Waals surface area (Å²) < 4.78 is 12.5. The van der Waals surface area contributed by atoms with Gasteiger partial charge in [-0.1, -0.05) is 0 Å². The van der Waals surface area contributed by atoms with E-state index in [1.54, 1.807) is 18.9 Å². The zero-order valence-electron chi connectivity index (χ0n) is 16.9. The van der Waals surface area contributed by atoms with Crippen LogP contribution in [0.1, 0.15) is 23.7 Å². The molecule has 1 aromatic carbocycles. The van der Waals surface area contributed by atoms with Gasteiger partial charge in [-0.05, 0) is 37.0 Å². The maximum absolute atomic E-state index is 11.3. The molecule has 1 fully saturated rings. The van der Waals surface area contributed by atoms with Crippen molar-refractivity contribution in [2.75, 3.05) is 33.0 Å². The van der Waals surface area contributed by atoms with Crippen LogP contribution in [0.5, 0.6) is 11.5 Å². The molecule has 158 valence electrons. The summed E-state index contributed by atoms with van der Waals surface area (Å²) in [6.45, 7) is 0.851. The number of aryl methyl sites for hydroxylation is 2. The lowest BCUT2D eigenvalue weighted by atomic mass is 10.1. The molecule has 0 radical (unpaired) electrons. The standard InChI is InChI=1S/C20H24N6O4/c1-29-14-7-12(8-15(9-14)30-2)3-4-16-17-18(21)22-11-23-19(17)26(24-16)13-5-6-25(10-13)20(27)28/h7-9,11,13H,3-6,10H2,1-2H3,(H,27,28)(H2,21,22,23)/t13-/m0/s1. The van der Waals surface area contributed by atoms with Gasteiger partial charge >= 0.3 is 6.09 Å². The van der Waals surface area contributed by atoms with Gasteiger partial charge in [0, 0.05) is 19.2 Å². The molecule has 0 spiro atoms. The van der Waals surface area contributed by atoms with Crippen molar-refractivity contribution in [3.63, 3.8) is 0 Å². The number of methoxy groups -OCH3 is 2. The number of nitrogens with two attached hydrogens (primary N) is 1. The zero-order chi connectivity index (χ0) is 21.3. The van der Waals surface area contributed by atoms with Crippen LogP contribution in [0.15, 0.2) is 24.5 Å². The molecule has 30 heavy (non-hydrogen) atoms. The van der Waals surface area contributed by atoms with Gasteiger partial charge in [-0.2, -0.15) is 5.10 Å². The SMILES string of the molecule is COc1cc(CCc2nn([C@H]3CCN(C(=O)O)C3)c3ncnc(N)c23)cc(OC)c1. The number of anilines is 1. The first-order chi connectivity index (χ1) is 14.5. The number of fused-ring (bicyclic) bond motifs is 1. The fourth-order valence-corrected chi connectivity index (χ4v) is 3.89. The van der Waals surface area contributed by atoms with Crippen LogP contribution in [0.25, 0.3) is 11.0 Å². The monoisotopic (exact) mass is 412 g/mol. The molecule has 10 heteroatoms. The number of ether oxygens (including phenoxy) is 2. The van der Waals surface area contributed by atoms with Crippen LogP contribution in [0.3, 0.4) is 0 Å². The number of carbonyl (C=O) groups is 1. The predicted molar refractivity (Wildman–Crippen MR) is 110 cm³/mol. The van der Waals surface area contributed by atoms with Gasteiger partial charge in [0.25, 0.3) is 0 Å². The Bertz CT molecular complexity index is 1060. The van der Waals surface area contributed by atoms with Gasteiger partial charge in [-0.3, -0.25) is 0 Å². The van der Waals surface area contributed by atoms with Gasteiger partial charge in [0.05, 0.1) is 31.3 Å². The molecule has 3 heterocycles. The second-order valence-corrected chi connectivity index (χ2v) is 7.24. The number of likely N-dealkylation sites (tertiary alicyclic amines) is 1. The highest BCUT2D eigenvalue weighted by atomic mass is 16.5. The third kappa shape index (κ3) is 3.68. The number of aromatic nitrogens is 4. The van der Waals surface area contributed by atoms with E-state index in [-0.39, 0.29) is 6.04 Å². The third-order valence-electron chi connectivity index (χ3n) is 5.43. The van der Waals surface area contributed by atoms with Crippen LogP contribution in [-0.2, 0) is 12.8 Å². The van der Waals surface area contributed by atoms with E-state index >= 15 is 0 Å². The maximum atomic E-state index is 11.3. The molecule has 0 aliphatic carbocycles. The number of nitrogen functional groups attached to an aromatic ring is 1. The minimum atomic E-state index is -0.921. The van der Waals surface area contributed by atoms with Gasteiger partial charge < -0.3 is 25.2 Å². The lowest BCUT2D eigenvalue weighted by Gasteiger charge is -2.13. The molecular weight excluding hydrogens is 388 g/mol. The molecular formula is C20H24N6O4. The number of nitrogens with zero attached hydrogens (tertiary/aromatic N) is 5. The molecule has 0 bridgehead atoms. The highest BCUT2D eigenvalue weighted by Crippen LogP contribution is 2.30. The summed E-state index contributed by atoms with van der Waals surface area (Å²) in [5, 5.41) is 14.8. The molecule has 2 aromatic heterocycles. The van der Waals surface area contributed by atoms with Crippen LogP contribution in [-0.4, -0.2) is 63.2 Å². The molecule has 1 aliphatic heterocycles. The maximum Gasteiger partial charge on any atom is 0.407 e. The molecule has 1 atom stereocenters. The molecule has 4 rings (SSSR count). The number of carboxylic acid groups (broad SMARTS) is 1. The van der Waals surface area contributed by atoms with E-state index in [0.29, 0.717) is 43.8 Å². The number of rotatable bonds is 6. The second-order valence-electron chi connectivity index (χ2n) is 7.24. The number of amides is 1. The van der Waals surface area contributed by atoms with Crippen molar-refractivity contribution in [1.82, 2.24) is 24.6 Å². The van der Waals surface area contributed by atoms with Crippen molar-refractivity contribution >= 4 is 22.9 Å². The average Bonchev–Trinajstić information content (AvgIpc) is 3.37. The lowest BCUT2D eigenvalue weighted by molar-refractivity contribution is 0.154. The molecule has 1 amide bonds. The number of benzene rings is 1. The Morgan fingerprint density at radius 1 is 1.20 bits per heavy atom. The fourth-order valence-electron chi connectivity index (χ4n) is 3.89. The largest absolute Gasteiger partial charge is 0.497 e. The molecule has 1 saturated heterocycles. The van der Waals surface area contributed by atoms with Crippen molar-refractivity contribution in [1.29, 1.82) is 0 Å². The topological polar surface area (TPSA) is 129 Å². The summed E-state index contributed by atoms with van der Waals surface area (Å²) in [6, 6.07) is 5.67. The Kier molecular flexibility index (Phi) is 5.30. The Labute approximate surface area is 173 Å². The summed E-state index contributed by atoms with van der Waals surface area (Å²) in [5.74, 6) is 1.82. The lowest BCUT2D eigenvalue weighted by Crippen LogP contribution is -2.27. The van der Waals surface area contributed by atoms with Crippen LogP contribution in [0, 0.1) is 0 Å². The van der Waals surface area contributed by atoms with E-state index in [1.807, 2.05) is 18.2 Å². The van der Waals surface area contributed by atoms with Crippen LogP contribution < -0.4 is 15.2 Å². The van der Waals surface area contributed by atoms with Crippen LogP contribution >= 0.6 is 0 Å². The fraction of sp³-hybridized carbons (Fsp3) is 0.400. The first-order valence-corrected chi connectivity index (χ1v) is 9.67. The predicted octanol–water partition coefficient (Wildman–Crippen LogP) is 2.14. The zero-order valence-corrected chi connectivity index (χ0v) is 16.9. The van der Waals surface area contributed by atoms with E-state index in [2.05, 4.69) is 9.97 Å². The van der Waals surface area contributed by atoms with E-state index in [1.165, 1.54) is 11.2 Å². The number of hydrogen-bond acceptors (Lipinski definition) is 7. The van der Waals surface area contributed by atoms with Crippen molar-refractivity contribution in [2.45, 2.75) is 25.3 Å². The quantitative estimate of drug-likeness (QED) is 0.630. The Morgan fingerprint density at radius 3 is 2.57 bits per heavy atom. The van der Waals surface area contributed by atoms with Crippen molar-refractivity contribution in [3.05, 3.63) is 35.8 Å². The average molecular weight is 412 g/mol.